The molecule has 0 aliphatic carbocycles. The maximum atomic E-state index is 16.6. The molecule has 1 unspecified atom stereocenters. The molecule has 119 heavy (non-hydrogen) atoms. The number of rotatable bonds is 19. The quantitative estimate of drug-likeness (QED) is 0.0636. The fraction of sp³-hybridized carbons (Fsp3) is 0.370. The third-order valence-corrected chi connectivity index (χ3v) is 23.5. The molecule has 3 aromatic heterocycles. The number of aromatic hydroxyl groups is 3. The number of piperazine rings is 3. The van der Waals surface area contributed by atoms with Gasteiger partial charge in [-0.3, -0.25) is 24.1 Å². The van der Waals surface area contributed by atoms with Crippen LogP contribution in [-0.4, -0.2) is 238 Å². The van der Waals surface area contributed by atoms with Crippen LogP contribution in [0, 0.1) is 11.7 Å². The Morgan fingerprint density at radius 1 is 0.571 bits per heavy atom. The summed E-state index contributed by atoms with van der Waals surface area (Å²) < 4.78 is 29.1. The van der Waals surface area contributed by atoms with E-state index < -0.39 is 5.82 Å². The lowest BCUT2D eigenvalue weighted by Crippen LogP contribution is -2.49. The van der Waals surface area contributed by atoms with Crippen LogP contribution in [0.2, 0.25) is 5.02 Å². The molecule has 4 amide bonds. The zero-order chi connectivity index (χ0) is 83.9. The lowest BCUT2D eigenvalue weighted by molar-refractivity contribution is -0.129. The van der Waals surface area contributed by atoms with Crippen LogP contribution in [0.1, 0.15) is 71.6 Å². The van der Waals surface area contributed by atoms with Crippen LogP contribution in [0.4, 0.5) is 33.5 Å². The van der Waals surface area contributed by atoms with Crippen molar-refractivity contribution in [3.05, 3.63) is 181 Å². The Morgan fingerprint density at radius 2 is 1.09 bits per heavy atom. The molecule has 0 spiro atoms. The van der Waals surface area contributed by atoms with Crippen LogP contribution in [0.25, 0.3) is 76.4 Å². The first-order chi connectivity index (χ1) is 57.4. The number of hydrogen-bond acceptors (Lipinski definition) is 21. The smallest absolute Gasteiger partial charge is 0.319 e. The topological polar surface area (TPSA) is 257 Å². The number of benzene rings is 8. The molecule has 3 N–H and O–H groups in total. The van der Waals surface area contributed by atoms with E-state index in [9.17, 15) is 34.5 Å². The monoisotopic (exact) mass is 1630 g/mol. The number of halogens is 2. The van der Waals surface area contributed by atoms with Crippen molar-refractivity contribution in [1.29, 1.82) is 0 Å². The largest absolute Gasteiger partial charge is 0.508 e. The molecule has 27 heteroatoms. The number of phenolic OH excluding ortho intramolecular Hbond substituents is 3. The van der Waals surface area contributed by atoms with E-state index in [1.807, 2.05) is 108 Å². The van der Waals surface area contributed by atoms with E-state index in [2.05, 4.69) is 70.6 Å². The van der Waals surface area contributed by atoms with Crippen molar-refractivity contribution in [2.75, 3.05) is 157 Å². The maximum Gasteiger partial charge on any atom is 0.319 e. The summed E-state index contributed by atoms with van der Waals surface area (Å²) in [7, 11) is 5.15. The number of piperidine rings is 1. The maximum absolute atomic E-state index is 16.6. The second-order valence-electron chi connectivity index (χ2n) is 31.6. The third-order valence-electron chi connectivity index (χ3n) is 23.2. The second kappa shape index (κ2) is 36.8. The summed E-state index contributed by atoms with van der Waals surface area (Å²) in [6.07, 6.45) is 7.01. The zero-order valence-corrected chi connectivity index (χ0v) is 69.7. The molecule has 0 radical (unpaired) electrons. The molecular weight excluding hydrogens is 1530 g/mol. The highest BCUT2D eigenvalue weighted by molar-refractivity contribution is 6.35. The number of hydrogen-bond donors (Lipinski definition) is 3. The van der Waals surface area contributed by atoms with E-state index in [4.69, 9.17) is 46.0 Å². The Bertz CT molecular complexity index is 5630. The first-order valence-corrected chi connectivity index (χ1v) is 41.4. The number of anilines is 5. The average molecular weight is 1630 g/mol. The number of nitrogens with zero attached hydrogens (tertiary/aromatic N) is 16. The van der Waals surface area contributed by atoms with E-state index in [0.717, 1.165) is 128 Å². The SMILES string of the molecule is C=CC(=O)N1CCN(c2nc(OC(C)CC)nc3cc(-c4cc(O)cc5ccccc45)ccc23)CC1.C=CC(=O)N1CCN(c2nc(O[C@H](C)CN3CCC(C)CC3)nc3c2CCN(c2cc(O)cc4ccccc24)C3)CC1.CC(=O)N1CCN(c2nc(N(C)CCC(=O)N(C)C)nc3c(F)c(-c4cc(O)cc5ccccc45)c(Cl)cc23)CC1. The summed E-state index contributed by atoms with van der Waals surface area (Å²) in [6.45, 7) is 29.3. The highest BCUT2D eigenvalue weighted by Gasteiger charge is 2.33. The summed E-state index contributed by atoms with van der Waals surface area (Å²) in [5.41, 5.74) is 6.43. The lowest BCUT2D eigenvalue weighted by Gasteiger charge is -2.38. The van der Waals surface area contributed by atoms with Crippen LogP contribution < -0.4 is 34.0 Å². The summed E-state index contributed by atoms with van der Waals surface area (Å²) >= 11 is 6.79. The van der Waals surface area contributed by atoms with Crippen LogP contribution >= 0.6 is 11.6 Å². The van der Waals surface area contributed by atoms with Gasteiger partial charge in [-0.25, -0.2) is 9.37 Å². The normalized spacial score (nSPS) is 15.9. The van der Waals surface area contributed by atoms with Gasteiger partial charge in [-0.1, -0.05) is 117 Å². The van der Waals surface area contributed by atoms with Gasteiger partial charge in [0.25, 0.3) is 0 Å². The van der Waals surface area contributed by atoms with E-state index in [0.29, 0.717) is 120 Å². The first-order valence-electron chi connectivity index (χ1n) is 41.0. The van der Waals surface area contributed by atoms with Gasteiger partial charge in [0.2, 0.25) is 29.6 Å². The van der Waals surface area contributed by atoms with Gasteiger partial charge in [-0.15, -0.1) is 0 Å². The van der Waals surface area contributed by atoms with E-state index in [1.165, 1.54) is 36.0 Å². The van der Waals surface area contributed by atoms with Crippen molar-refractivity contribution in [1.82, 2.24) is 54.4 Å². The van der Waals surface area contributed by atoms with Crippen molar-refractivity contribution in [3.63, 3.8) is 0 Å². The van der Waals surface area contributed by atoms with Gasteiger partial charge in [0, 0.05) is 172 Å². The number of carbonyl (C=O) groups is 4. The van der Waals surface area contributed by atoms with Crippen molar-refractivity contribution < 1.29 is 48.4 Å². The molecule has 620 valence electrons. The van der Waals surface area contributed by atoms with Crippen LogP contribution in [0.3, 0.4) is 0 Å². The fourth-order valence-electron chi connectivity index (χ4n) is 16.3. The summed E-state index contributed by atoms with van der Waals surface area (Å²) in [5.74, 6) is 3.00. The van der Waals surface area contributed by atoms with Crippen molar-refractivity contribution in [3.8, 4) is 51.5 Å². The Balaban J connectivity index is 0.000000147. The minimum atomic E-state index is -0.631. The molecule has 8 aromatic carbocycles. The number of fused-ring (bicyclic) bond motifs is 6. The Labute approximate surface area is 698 Å². The minimum absolute atomic E-state index is 0.000230. The molecule has 25 nitrogen and oxygen atoms in total. The van der Waals surface area contributed by atoms with E-state index in [1.54, 1.807) is 67.0 Å². The minimum Gasteiger partial charge on any atom is -0.508 e. The molecule has 0 saturated carbocycles. The Hall–Kier alpha value is -12.2. The number of aromatic nitrogens is 6. The fourth-order valence-corrected chi connectivity index (χ4v) is 16.6. The lowest BCUT2D eigenvalue weighted by atomic mass is 9.96. The van der Waals surface area contributed by atoms with Gasteiger partial charge in [0.1, 0.15) is 46.3 Å². The van der Waals surface area contributed by atoms with Crippen molar-refractivity contribution >= 4 is 118 Å². The Morgan fingerprint density at radius 3 is 1.68 bits per heavy atom. The van der Waals surface area contributed by atoms with E-state index >= 15 is 4.39 Å². The molecule has 0 bridgehead atoms. The predicted octanol–water partition coefficient (Wildman–Crippen LogP) is 13.9. The number of carbonyl (C=O) groups excluding carboxylic acids is 4. The highest BCUT2D eigenvalue weighted by Crippen LogP contribution is 2.44. The first kappa shape index (κ1) is 83.3. The van der Waals surface area contributed by atoms with Crippen LogP contribution in [-0.2, 0) is 32.1 Å². The van der Waals surface area contributed by atoms with Gasteiger partial charge >= 0.3 is 12.0 Å². The highest BCUT2D eigenvalue weighted by atomic mass is 35.5. The summed E-state index contributed by atoms with van der Waals surface area (Å²) in [4.78, 5) is 97.3. The predicted molar refractivity (Wildman–Crippen MR) is 470 cm³/mol. The number of likely N-dealkylation sites (tertiary alicyclic amines) is 1. The van der Waals surface area contributed by atoms with Crippen LogP contribution in [0.15, 0.2) is 159 Å². The molecule has 5 aliphatic heterocycles. The average Bonchev–Trinajstić information content (AvgIpc) is 0.833. The number of ether oxygens (including phenoxy) is 2. The van der Waals surface area contributed by atoms with Crippen LogP contribution in [0.5, 0.6) is 29.3 Å². The summed E-state index contributed by atoms with van der Waals surface area (Å²) in [5, 5.41) is 38.5. The molecule has 5 aliphatic rings. The molecule has 2 atom stereocenters. The molecule has 4 saturated heterocycles. The molecular formula is C92H104ClFN16O9. The van der Waals surface area contributed by atoms with Gasteiger partial charge < -0.3 is 68.9 Å². The Kier molecular flexibility index (Phi) is 25.8. The molecule has 4 fully saturated rings. The van der Waals surface area contributed by atoms with E-state index in [-0.39, 0.29) is 81.6 Å². The van der Waals surface area contributed by atoms with Gasteiger partial charge in [-0.05, 0) is 163 Å². The van der Waals surface area contributed by atoms with Gasteiger partial charge in [0.05, 0.1) is 28.9 Å². The van der Waals surface area contributed by atoms with Gasteiger partial charge in [0.15, 0.2) is 5.82 Å². The number of amides is 4. The number of phenols is 3. The summed E-state index contributed by atoms with van der Waals surface area (Å²) in [6, 6.07) is 42.4. The zero-order valence-electron chi connectivity index (χ0n) is 69.0. The molecule has 16 rings (SSSR count). The van der Waals surface area contributed by atoms with Gasteiger partial charge in [-0.2, -0.15) is 24.9 Å². The van der Waals surface area contributed by atoms with Crippen molar-refractivity contribution in [2.45, 2.75) is 85.5 Å². The standard InChI is InChI=1S/C33H42N6O3.C30H32ClFN6O3.C29H30N4O3/c1-4-31(41)37-15-17-38(18-16-37)32-28-11-14-39(30-20-26(40)19-25-7-5-6-8-27(25)30)22-29(28)34-33(35-32)42-24(3)21-36-12-9-23(2)10-13-36;1-18(39)37-11-13-38(14-12-37)29-23-17-24(31)26(22-16-20(40)15-19-7-5-6-8-21(19)22)27(32)28(23)33-30(34-29)36(4)10-9-25(41)35(2)3;1-4-19(3)36-29-30-26-17-21(25-18-22(34)16-20-8-6-7-9-23(20)25)10-11-24(26)28(31-29)33-14-12-32(13-15-33)27(35)5-2/h4-8,19-20,23-24,40H,1,9-18,21-22H2,2-3H3;5-8,15-17,40H,9-14H2,1-4H3;5-11,16-19,34H,2,4,12-15H2,1,3H3/t24-;;/m1../s1. The van der Waals surface area contributed by atoms with Crippen molar-refractivity contribution in [2.24, 2.45) is 5.92 Å². The molecule has 11 aromatic rings. The second-order valence-corrected chi connectivity index (χ2v) is 32.0. The third kappa shape index (κ3) is 18.9. The molecule has 8 heterocycles.